The molecule has 0 spiro atoms. The molecule has 1 saturated heterocycles. The highest BCUT2D eigenvalue weighted by Crippen LogP contribution is 2.27. The fourth-order valence-corrected chi connectivity index (χ4v) is 4.62. The molecule has 2 aromatic carbocycles. The van der Waals surface area contributed by atoms with Crippen molar-refractivity contribution >= 4 is 40.4 Å². The number of aryl methyl sites for hydroxylation is 2. The predicted octanol–water partition coefficient (Wildman–Crippen LogP) is 4.05. The fourth-order valence-electron chi connectivity index (χ4n) is 3.98. The largest absolute Gasteiger partial charge is 0.484 e. The molecule has 0 unspecified atom stereocenters. The minimum Gasteiger partial charge on any atom is -0.484 e. The highest BCUT2D eigenvalue weighted by Gasteiger charge is 2.35. The van der Waals surface area contributed by atoms with Gasteiger partial charge in [-0.1, -0.05) is 12.1 Å². The lowest BCUT2D eigenvalue weighted by Crippen LogP contribution is -2.32. The van der Waals surface area contributed by atoms with E-state index in [0.717, 1.165) is 21.7 Å². The Bertz CT molecular complexity index is 1160. The summed E-state index contributed by atoms with van der Waals surface area (Å²) in [6.07, 6.45) is 0.188. The molecule has 4 rings (SSSR count). The second-order valence-electron chi connectivity index (χ2n) is 8.41. The third-order valence-electron chi connectivity index (χ3n) is 5.54. The highest BCUT2D eigenvalue weighted by molar-refractivity contribution is 7.09. The molecule has 0 saturated carbocycles. The average molecular weight is 478 g/mol. The maximum atomic E-state index is 12.5. The molecule has 0 radical (unpaired) electrons. The van der Waals surface area contributed by atoms with E-state index >= 15 is 0 Å². The van der Waals surface area contributed by atoms with E-state index in [9.17, 15) is 14.4 Å². The van der Waals surface area contributed by atoms with Crippen molar-refractivity contribution in [1.29, 1.82) is 0 Å². The Labute approximate surface area is 202 Å². The Balaban J connectivity index is 1.27. The van der Waals surface area contributed by atoms with Gasteiger partial charge in [-0.3, -0.25) is 14.4 Å². The van der Waals surface area contributed by atoms with E-state index in [1.165, 1.54) is 0 Å². The summed E-state index contributed by atoms with van der Waals surface area (Å²) in [6, 6.07) is 16.7. The number of nitrogens with one attached hydrogen (secondary N) is 2. The Morgan fingerprint density at radius 3 is 2.50 bits per heavy atom. The summed E-state index contributed by atoms with van der Waals surface area (Å²) in [5.41, 5.74) is 3.59. The minimum absolute atomic E-state index is 0.0854. The standard InChI is InChI=1S/C26H27N3O4S/c1-17-10-18(2)12-20(11-17)28-24(30)16-33-22-7-5-21(6-8-22)29-15-19(13-25(29)31)26(32)27-14-23-4-3-9-34-23/h3-12,19H,13-16H2,1-2H3,(H,27,32)(H,28,30)/t19-/m0/s1. The topological polar surface area (TPSA) is 87.7 Å². The lowest BCUT2D eigenvalue weighted by molar-refractivity contribution is -0.126. The number of rotatable bonds is 8. The van der Waals surface area contributed by atoms with Crippen molar-refractivity contribution in [3.63, 3.8) is 0 Å². The van der Waals surface area contributed by atoms with Crippen LogP contribution in [0, 0.1) is 19.8 Å². The smallest absolute Gasteiger partial charge is 0.262 e. The number of amides is 3. The maximum Gasteiger partial charge on any atom is 0.262 e. The number of ether oxygens (including phenoxy) is 1. The van der Waals surface area contributed by atoms with Crippen LogP contribution >= 0.6 is 11.3 Å². The molecule has 3 amide bonds. The van der Waals surface area contributed by atoms with Crippen molar-refractivity contribution < 1.29 is 19.1 Å². The van der Waals surface area contributed by atoms with Gasteiger partial charge in [0, 0.05) is 29.2 Å². The first kappa shape index (κ1) is 23.5. The molecule has 1 atom stereocenters. The van der Waals surface area contributed by atoms with Crippen LogP contribution in [0.1, 0.15) is 22.4 Å². The van der Waals surface area contributed by atoms with Gasteiger partial charge in [-0.2, -0.15) is 0 Å². The summed E-state index contributed by atoms with van der Waals surface area (Å²) >= 11 is 1.58. The third-order valence-corrected chi connectivity index (χ3v) is 6.41. The normalized spacial score (nSPS) is 15.3. The number of hydrogen-bond donors (Lipinski definition) is 2. The molecular weight excluding hydrogens is 450 g/mol. The second-order valence-corrected chi connectivity index (χ2v) is 9.44. The molecule has 2 heterocycles. The van der Waals surface area contributed by atoms with E-state index in [0.29, 0.717) is 24.5 Å². The van der Waals surface area contributed by atoms with E-state index in [-0.39, 0.29) is 36.7 Å². The van der Waals surface area contributed by atoms with Gasteiger partial charge in [-0.05, 0) is 72.8 Å². The number of thiophene rings is 1. The zero-order valence-corrected chi connectivity index (χ0v) is 20.0. The van der Waals surface area contributed by atoms with Gasteiger partial charge in [0.1, 0.15) is 5.75 Å². The van der Waals surface area contributed by atoms with E-state index < -0.39 is 0 Å². The van der Waals surface area contributed by atoms with Gasteiger partial charge in [0.2, 0.25) is 11.8 Å². The van der Waals surface area contributed by atoms with Gasteiger partial charge in [-0.15, -0.1) is 11.3 Å². The molecule has 0 bridgehead atoms. The minimum atomic E-state index is -0.377. The second kappa shape index (κ2) is 10.5. The molecule has 8 heteroatoms. The predicted molar refractivity (Wildman–Crippen MR) is 133 cm³/mol. The van der Waals surface area contributed by atoms with Gasteiger partial charge in [0.25, 0.3) is 5.91 Å². The quantitative estimate of drug-likeness (QED) is 0.512. The van der Waals surface area contributed by atoms with Crippen molar-refractivity contribution in [2.24, 2.45) is 5.92 Å². The van der Waals surface area contributed by atoms with E-state index in [4.69, 9.17) is 4.74 Å². The number of carbonyl (C=O) groups is 3. The van der Waals surface area contributed by atoms with Crippen LogP contribution in [0.2, 0.25) is 0 Å². The molecule has 34 heavy (non-hydrogen) atoms. The first-order chi connectivity index (χ1) is 16.4. The molecule has 1 aliphatic rings. The van der Waals surface area contributed by atoms with E-state index in [1.54, 1.807) is 40.5 Å². The van der Waals surface area contributed by atoms with Crippen LogP contribution in [0.3, 0.4) is 0 Å². The van der Waals surface area contributed by atoms with Crippen molar-refractivity contribution in [1.82, 2.24) is 5.32 Å². The van der Waals surface area contributed by atoms with Crippen LogP contribution in [-0.4, -0.2) is 30.9 Å². The number of hydrogen-bond acceptors (Lipinski definition) is 5. The van der Waals surface area contributed by atoms with Gasteiger partial charge in [0.15, 0.2) is 6.61 Å². The molecule has 1 aromatic heterocycles. The Morgan fingerprint density at radius 2 is 1.82 bits per heavy atom. The number of nitrogens with zero attached hydrogens (tertiary/aromatic N) is 1. The number of anilines is 2. The zero-order chi connectivity index (χ0) is 24.1. The summed E-state index contributed by atoms with van der Waals surface area (Å²) in [6.45, 7) is 4.65. The van der Waals surface area contributed by atoms with Crippen LogP contribution in [-0.2, 0) is 20.9 Å². The SMILES string of the molecule is Cc1cc(C)cc(NC(=O)COc2ccc(N3C[C@@H](C(=O)NCc4cccs4)CC3=O)cc2)c1. The Morgan fingerprint density at radius 1 is 1.09 bits per heavy atom. The first-order valence-corrected chi connectivity index (χ1v) is 12.0. The summed E-state index contributed by atoms with van der Waals surface area (Å²) in [4.78, 5) is 39.9. The lowest BCUT2D eigenvalue weighted by Gasteiger charge is -2.17. The van der Waals surface area contributed by atoms with Crippen LogP contribution in [0.5, 0.6) is 5.75 Å². The summed E-state index contributed by atoms with van der Waals surface area (Å²) in [5.74, 6) is -0.300. The van der Waals surface area contributed by atoms with Crippen LogP contribution in [0.4, 0.5) is 11.4 Å². The van der Waals surface area contributed by atoms with E-state index in [2.05, 4.69) is 10.6 Å². The Kier molecular flexibility index (Phi) is 7.27. The van der Waals surface area contributed by atoms with E-state index in [1.807, 2.05) is 49.6 Å². The van der Waals surface area contributed by atoms with Crippen LogP contribution in [0.15, 0.2) is 60.0 Å². The van der Waals surface area contributed by atoms with Crippen molar-refractivity contribution in [2.45, 2.75) is 26.8 Å². The van der Waals surface area contributed by atoms with Crippen LogP contribution < -0.4 is 20.3 Å². The van der Waals surface area contributed by atoms with Crippen molar-refractivity contribution in [3.05, 3.63) is 76.0 Å². The summed E-state index contributed by atoms with van der Waals surface area (Å²) in [5, 5.41) is 7.72. The maximum absolute atomic E-state index is 12.5. The summed E-state index contributed by atoms with van der Waals surface area (Å²) < 4.78 is 5.59. The fraction of sp³-hybridized carbons (Fsp3) is 0.269. The highest BCUT2D eigenvalue weighted by atomic mass is 32.1. The molecule has 3 aromatic rings. The van der Waals surface area contributed by atoms with Crippen molar-refractivity contribution in [2.75, 3.05) is 23.4 Å². The molecule has 1 fully saturated rings. The lowest BCUT2D eigenvalue weighted by atomic mass is 10.1. The molecule has 1 aliphatic heterocycles. The number of benzene rings is 2. The van der Waals surface area contributed by atoms with Gasteiger partial charge >= 0.3 is 0 Å². The van der Waals surface area contributed by atoms with Gasteiger partial charge < -0.3 is 20.3 Å². The van der Waals surface area contributed by atoms with Crippen molar-refractivity contribution in [3.8, 4) is 5.75 Å². The monoisotopic (exact) mass is 477 g/mol. The summed E-state index contributed by atoms with van der Waals surface area (Å²) in [7, 11) is 0. The first-order valence-electron chi connectivity index (χ1n) is 11.1. The average Bonchev–Trinajstić information content (AvgIpc) is 3.45. The van der Waals surface area contributed by atoms with Gasteiger partial charge in [-0.25, -0.2) is 0 Å². The third kappa shape index (κ3) is 6.02. The zero-order valence-electron chi connectivity index (χ0n) is 19.2. The Hall–Kier alpha value is -3.65. The van der Waals surface area contributed by atoms with Crippen LogP contribution in [0.25, 0.3) is 0 Å². The molecule has 7 nitrogen and oxygen atoms in total. The number of carbonyl (C=O) groups excluding carboxylic acids is 3. The van der Waals surface area contributed by atoms with Gasteiger partial charge in [0.05, 0.1) is 12.5 Å². The molecule has 0 aliphatic carbocycles. The molecule has 176 valence electrons. The molecule has 2 N–H and O–H groups in total. The molecular formula is C26H27N3O4S.